The van der Waals surface area contributed by atoms with Crippen molar-refractivity contribution in [3.05, 3.63) is 63.2 Å². The maximum atomic E-state index is 13.5. The van der Waals surface area contributed by atoms with Crippen LogP contribution < -0.4 is 19.5 Å². The van der Waals surface area contributed by atoms with Gasteiger partial charge in [0, 0.05) is 31.0 Å². The first-order valence-corrected chi connectivity index (χ1v) is 13.4. The summed E-state index contributed by atoms with van der Waals surface area (Å²) in [6, 6.07) is 12.3. The Morgan fingerprint density at radius 3 is 2.68 bits per heavy atom. The molecule has 0 aromatic heterocycles. The minimum Gasteiger partial charge on any atom is -0.482 e. The van der Waals surface area contributed by atoms with Crippen molar-refractivity contribution in [3.8, 4) is 17.2 Å². The van der Waals surface area contributed by atoms with Gasteiger partial charge < -0.3 is 34.6 Å². The van der Waals surface area contributed by atoms with Gasteiger partial charge in [0.2, 0.25) is 18.6 Å². The quantitative estimate of drug-likeness (QED) is 0.369. The number of hydrogen-bond donors (Lipinski definition) is 3. The lowest BCUT2D eigenvalue weighted by atomic mass is 9.87. The number of rotatable bonds is 9. The predicted octanol–water partition coefficient (Wildman–Crippen LogP) is 2.37. The van der Waals surface area contributed by atoms with Crippen LogP contribution in [0.25, 0.3) is 0 Å². The van der Waals surface area contributed by atoms with Crippen molar-refractivity contribution in [2.75, 3.05) is 19.9 Å². The molecule has 0 radical (unpaired) electrons. The normalized spacial score (nSPS) is 22.2. The lowest BCUT2D eigenvalue weighted by Crippen LogP contribution is -2.55. The van der Waals surface area contributed by atoms with Gasteiger partial charge in [0.25, 0.3) is 0 Å². The van der Waals surface area contributed by atoms with Crippen LogP contribution in [0.15, 0.2) is 54.1 Å². The SMILES string of the molecule is O=C(NCCO)C1=C[C@H](Oc2ccccc2I)[C@@H](O)[C@H](N(Cc2ccc3c(c2)OCO3)C(=O)C2CC2)C1. The maximum Gasteiger partial charge on any atom is 0.247 e. The Kier molecular flexibility index (Phi) is 7.87. The van der Waals surface area contributed by atoms with E-state index in [1.54, 1.807) is 17.0 Å². The fourth-order valence-corrected chi connectivity index (χ4v) is 5.14. The van der Waals surface area contributed by atoms with Crippen LogP contribution in [0.3, 0.4) is 0 Å². The molecule has 10 heteroatoms. The van der Waals surface area contributed by atoms with Gasteiger partial charge in [-0.2, -0.15) is 0 Å². The van der Waals surface area contributed by atoms with Gasteiger partial charge in [-0.3, -0.25) is 9.59 Å². The highest BCUT2D eigenvalue weighted by molar-refractivity contribution is 14.1. The minimum atomic E-state index is -1.07. The second-order valence-electron chi connectivity index (χ2n) is 9.37. The number of nitrogens with zero attached hydrogens (tertiary/aromatic N) is 1. The summed E-state index contributed by atoms with van der Waals surface area (Å²) in [6.45, 7) is 0.311. The molecule has 196 valence electrons. The molecule has 3 atom stereocenters. The molecule has 1 heterocycles. The zero-order valence-electron chi connectivity index (χ0n) is 20.1. The minimum absolute atomic E-state index is 0.0493. The second kappa shape index (κ2) is 11.3. The number of carbonyl (C=O) groups excluding carboxylic acids is 2. The number of carbonyl (C=O) groups is 2. The molecule has 1 aliphatic heterocycles. The molecule has 5 rings (SSSR count). The summed E-state index contributed by atoms with van der Waals surface area (Å²) in [6.07, 6.45) is 1.48. The number of ether oxygens (including phenoxy) is 3. The van der Waals surface area contributed by atoms with Gasteiger partial charge in [-0.25, -0.2) is 0 Å². The molecule has 37 heavy (non-hydrogen) atoms. The zero-order valence-corrected chi connectivity index (χ0v) is 22.3. The summed E-state index contributed by atoms with van der Waals surface area (Å²) >= 11 is 2.16. The summed E-state index contributed by atoms with van der Waals surface area (Å²) in [5.41, 5.74) is 1.24. The van der Waals surface area contributed by atoms with Crippen LogP contribution >= 0.6 is 22.6 Å². The molecule has 0 unspecified atom stereocenters. The molecule has 3 aliphatic rings. The molecule has 2 aromatic rings. The predicted molar refractivity (Wildman–Crippen MR) is 142 cm³/mol. The molecule has 3 N–H and O–H groups in total. The van der Waals surface area contributed by atoms with Gasteiger partial charge >= 0.3 is 0 Å². The zero-order chi connectivity index (χ0) is 25.9. The van der Waals surface area contributed by atoms with Crippen molar-refractivity contribution >= 4 is 34.4 Å². The van der Waals surface area contributed by atoms with Gasteiger partial charge in [-0.15, -0.1) is 0 Å². The summed E-state index contributed by atoms with van der Waals surface area (Å²) < 4.78 is 18.0. The van der Waals surface area contributed by atoms with E-state index in [-0.39, 0.29) is 50.6 Å². The molecule has 2 aromatic carbocycles. The average Bonchev–Trinajstić information content (AvgIpc) is 3.65. The van der Waals surface area contributed by atoms with Crippen molar-refractivity contribution in [2.24, 2.45) is 5.92 Å². The third kappa shape index (κ3) is 5.86. The highest BCUT2D eigenvalue weighted by atomic mass is 127. The lowest BCUT2D eigenvalue weighted by molar-refractivity contribution is -0.140. The topological polar surface area (TPSA) is 118 Å². The summed E-state index contributed by atoms with van der Waals surface area (Å²) in [4.78, 5) is 28.1. The number of benzene rings is 2. The Morgan fingerprint density at radius 2 is 1.92 bits per heavy atom. The largest absolute Gasteiger partial charge is 0.482 e. The molecular formula is C27H29IN2O7. The van der Waals surface area contributed by atoms with Gasteiger partial charge in [-0.1, -0.05) is 18.2 Å². The summed E-state index contributed by atoms with van der Waals surface area (Å²) in [7, 11) is 0. The first kappa shape index (κ1) is 25.8. The Balaban J connectivity index is 1.46. The summed E-state index contributed by atoms with van der Waals surface area (Å²) in [5, 5.41) is 23.4. The maximum absolute atomic E-state index is 13.5. The fourth-order valence-electron chi connectivity index (χ4n) is 4.63. The Labute approximate surface area is 228 Å². The van der Waals surface area contributed by atoms with Gasteiger partial charge in [0.15, 0.2) is 11.5 Å². The first-order valence-electron chi connectivity index (χ1n) is 12.3. The Bertz CT molecular complexity index is 1200. The number of fused-ring (bicyclic) bond motifs is 1. The lowest BCUT2D eigenvalue weighted by Gasteiger charge is -2.40. The first-order chi connectivity index (χ1) is 17.9. The van der Waals surface area contributed by atoms with E-state index in [1.165, 1.54) is 0 Å². The molecule has 0 saturated heterocycles. The Morgan fingerprint density at radius 1 is 1.14 bits per heavy atom. The number of amides is 2. The monoisotopic (exact) mass is 620 g/mol. The van der Waals surface area contributed by atoms with Crippen LogP contribution in [0.4, 0.5) is 0 Å². The molecule has 0 bridgehead atoms. The molecule has 0 spiro atoms. The van der Waals surface area contributed by atoms with Crippen molar-refractivity contribution < 1.29 is 34.0 Å². The number of para-hydroxylation sites is 1. The standard InChI is InChI=1S/C27H29IN2O7/c28-19-3-1-2-4-21(19)37-24-13-18(26(33)29-9-10-31)12-20(25(24)32)30(27(34)17-6-7-17)14-16-5-8-22-23(11-16)36-15-35-22/h1-5,8,11,13,17,20,24-25,31-32H,6-7,9-10,12,14-15H2,(H,29,33)/t20-,24+,25+/m1/s1. The number of halogens is 1. The van der Waals surface area contributed by atoms with Crippen LogP contribution in [-0.2, 0) is 16.1 Å². The van der Waals surface area contributed by atoms with E-state index in [0.717, 1.165) is 22.0 Å². The van der Waals surface area contributed by atoms with Crippen molar-refractivity contribution in [2.45, 2.75) is 44.1 Å². The van der Waals surface area contributed by atoms with E-state index in [0.29, 0.717) is 22.8 Å². The van der Waals surface area contributed by atoms with Gasteiger partial charge in [-0.05, 0) is 71.3 Å². The highest BCUT2D eigenvalue weighted by Crippen LogP contribution is 2.37. The van der Waals surface area contributed by atoms with Gasteiger partial charge in [0.05, 0.1) is 16.2 Å². The molecule has 2 aliphatic carbocycles. The van der Waals surface area contributed by atoms with Crippen molar-refractivity contribution in [1.29, 1.82) is 0 Å². The van der Waals surface area contributed by atoms with E-state index < -0.39 is 18.2 Å². The van der Waals surface area contributed by atoms with E-state index >= 15 is 0 Å². The Hall–Kier alpha value is -2.83. The van der Waals surface area contributed by atoms with E-state index in [1.807, 2.05) is 36.4 Å². The van der Waals surface area contributed by atoms with Crippen LogP contribution in [0.2, 0.25) is 0 Å². The number of nitrogens with one attached hydrogen (secondary N) is 1. The van der Waals surface area contributed by atoms with E-state index in [2.05, 4.69) is 27.9 Å². The van der Waals surface area contributed by atoms with E-state index in [9.17, 15) is 19.8 Å². The molecule has 1 fully saturated rings. The average molecular weight is 620 g/mol. The van der Waals surface area contributed by atoms with Crippen LogP contribution in [0.5, 0.6) is 17.2 Å². The highest BCUT2D eigenvalue weighted by Gasteiger charge is 2.44. The van der Waals surface area contributed by atoms with E-state index in [4.69, 9.17) is 14.2 Å². The second-order valence-corrected chi connectivity index (χ2v) is 10.5. The third-order valence-electron chi connectivity index (χ3n) is 6.71. The van der Waals surface area contributed by atoms with Crippen LogP contribution in [-0.4, -0.2) is 65.1 Å². The smallest absolute Gasteiger partial charge is 0.247 e. The van der Waals surface area contributed by atoms with Gasteiger partial charge in [0.1, 0.15) is 18.0 Å². The van der Waals surface area contributed by atoms with Crippen molar-refractivity contribution in [1.82, 2.24) is 10.2 Å². The third-order valence-corrected chi connectivity index (χ3v) is 7.61. The molecule has 1 saturated carbocycles. The molecular weight excluding hydrogens is 591 g/mol. The number of hydrogen-bond acceptors (Lipinski definition) is 7. The van der Waals surface area contributed by atoms with Crippen molar-refractivity contribution in [3.63, 3.8) is 0 Å². The number of aliphatic hydroxyl groups excluding tert-OH is 2. The number of aliphatic hydroxyl groups is 2. The molecule has 9 nitrogen and oxygen atoms in total. The fraction of sp³-hybridized carbons (Fsp3) is 0.407. The van der Waals surface area contributed by atoms with Crippen LogP contribution in [0.1, 0.15) is 24.8 Å². The summed E-state index contributed by atoms with van der Waals surface area (Å²) in [5.74, 6) is 1.35. The van der Waals surface area contributed by atoms with Crippen LogP contribution in [0, 0.1) is 9.49 Å². The molecule has 2 amide bonds.